The van der Waals surface area contributed by atoms with Gasteiger partial charge < -0.3 is 20.4 Å². The van der Waals surface area contributed by atoms with Gasteiger partial charge in [-0.1, -0.05) is 20.4 Å². The van der Waals surface area contributed by atoms with Crippen molar-refractivity contribution in [1.82, 2.24) is 41.3 Å². The molecule has 7 aliphatic rings. The van der Waals surface area contributed by atoms with E-state index in [2.05, 4.69) is 51.9 Å². The van der Waals surface area contributed by atoms with Gasteiger partial charge in [-0.3, -0.25) is 25.6 Å². The molecule has 5 N–H and O–H groups in total. The minimum Gasteiger partial charge on any atom is -0.333 e. The van der Waals surface area contributed by atoms with Crippen LogP contribution in [0.25, 0.3) is 0 Å². The van der Waals surface area contributed by atoms with E-state index in [0.29, 0.717) is 26.2 Å². The van der Waals surface area contributed by atoms with Crippen LogP contribution in [0.2, 0.25) is 0 Å². The van der Waals surface area contributed by atoms with E-state index < -0.39 is 30.5 Å². The van der Waals surface area contributed by atoms with Crippen LogP contribution in [-0.2, 0) is 4.79 Å². The fourth-order valence-corrected chi connectivity index (χ4v) is 10.5. The second-order valence-corrected chi connectivity index (χ2v) is 15.2. The zero-order valence-electron chi connectivity index (χ0n) is 25.3. The van der Waals surface area contributed by atoms with Gasteiger partial charge in [-0.25, -0.2) is 13.6 Å². The number of hydrogen-bond acceptors (Lipinski definition) is 8. The zero-order chi connectivity index (χ0) is 30.0. The largest absolute Gasteiger partial charge is 0.333 e. The molecule has 0 aromatic carbocycles. The van der Waals surface area contributed by atoms with Crippen molar-refractivity contribution in [2.24, 2.45) is 17.8 Å². The highest BCUT2D eigenvalue weighted by Crippen LogP contribution is 2.45. The van der Waals surface area contributed by atoms with E-state index in [0.717, 1.165) is 31.6 Å². The van der Waals surface area contributed by atoms with Gasteiger partial charge in [0.25, 0.3) is 0 Å². The lowest BCUT2D eigenvalue weighted by Crippen LogP contribution is -2.81. The maximum absolute atomic E-state index is 16.5. The number of piperidine rings is 1. The SMILES string of the molecule is C=CC(=O)N1CCN(C2NC(=O)N3C4NC(C(F)CC42)C2C(F)CCCC2NCCSC2NCNC(C(C)C)C23)[C@@H]2C[C@@H]21. The van der Waals surface area contributed by atoms with Crippen molar-refractivity contribution in [3.8, 4) is 0 Å². The number of hydrogen-bond donors (Lipinski definition) is 5. The third-order valence-corrected chi connectivity index (χ3v) is 12.5. The van der Waals surface area contributed by atoms with E-state index in [1.807, 2.05) is 21.6 Å². The number of carbonyl (C=O) groups is 2. The number of piperazine rings is 1. The first-order chi connectivity index (χ1) is 20.8. The van der Waals surface area contributed by atoms with Gasteiger partial charge in [0.2, 0.25) is 5.91 Å². The fraction of sp³-hybridized carbons (Fsp3) is 0.867. The fourth-order valence-electron chi connectivity index (χ4n) is 9.26. The normalized spacial score (nSPS) is 46.8. The Balaban J connectivity index is 1.25. The first-order valence-electron chi connectivity index (χ1n) is 16.4. The smallest absolute Gasteiger partial charge is 0.320 e. The highest BCUT2D eigenvalue weighted by atomic mass is 32.2. The number of alkyl halides is 2. The quantitative estimate of drug-likeness (QED) is 0.299. The summed E-state index contributed by atoms with van der Waals surface area (Å²) < 4.78 is 32.3. The molecule has 10 nitrogen and oxygen atoms in total. The molecule has 0 aromatic heterocycles. The summed E-state index contributed by atoms with van der Waals surface area (Å²) in [4.78, 5) is 33.0. The summed E-state index contributed by atoms with van der Waals surface area (Å²) in [5.74, 6) is 0.301. The summed E-state index contributed by atoms with van der Waals surface area (Å²) in [6, 6.07) is -0.852. The number of carbonyl (C=O) groups excluding carboxylic acids is 2. The van der Waals surface area contributed by atoms with E-state index in [1.165, 1.54) is 6.08 Å². The molecule has 5 heterocycles. The zero-order valence-corrected chi connectivity index (χ0v) is 26.1. The van der Waals surface area contributed by atoms with Crippen molar-refractivity contribution in [3.63, 3.8) is 0 Å². The molecule has 13 heteroatoms. The third kappa shape index (κ3) is 5.29. The molecule has 2 aliphatic carbocycles. The lowest BCUT2D eigenvalue weighted by molar-refractivity contribution is -0.130. The molecule has 0 spiro atoms. The number of nitrogens with one attached hydrogen (secondary N) is 5. The molecule has 7 rings (SSSR count). The number of nitrogens with zero attached hydrogens (tertiary/aromatic N) is 3. The number of urea groups is 1. The lowest BCUT2D eigenvalue weighted by atomic mass is 9.72. The Morgan fingerprint density at radius 3 is 2.70 bits per heavy atom. The molecule has 7 fully saturated rings. The Bertz CT molecular complexity index is 1090. The highest BCUT2D eigenvalue weighted by molar-refractivity contribution is 7.99. The third-order valence-electron chi connectivity index (χ3n) is 11.3. The van der Waals surface area contributed by atoms with Crippen molar-refractivity contribution < 1.29 is 18.4 Å². The molecule has 2 saturated carbocycles. The van der Waals surface area contributed by atoms with E-state index in [1.54, 1.807) is 0 Å². The van der Waals surface area contributed by atoms with Crippen LogP contribution < -0.4 is 26.6 Å². The number of rotatable bonds is 3. The molecule has 43 heavy (non-hydrogen) atoms. The first-order valence-corrected chi connectivity index (χ1v) is 17.5. The molecule has 5 aliphatic heterocycles. The second kappa shape index (κ2) is 12.0. The van der Waals surface area contributed by atoms with Gasteiger partial charge in [-0.05, 0) is 44.1 Å². The van der Waals surface area contributed by atoms with Crippen LogP contribution in [0.4, 0.5) is 13.6 Å². The van der Waals surface area contributed by atoms with Crippen LogP contribution in [-0.4, -0.2) is 125 Å². The second-order valence-electron chi connectivity index (χ2n) is 13.9. The predicted octanol–water partition coefficient (Wildman–Crippen LogP) is 1.16. The number of thioether (sulfide) groups is 1. The minimum absolute atomic E-state index is 0.00136. The monoisotopic (exact) mass is 622 g/mol. The Kier molecular flexibility index (Phi) is 8.43. The van der Waals surface area contributed by atoms with Crippen molar-refractivity contribution in [2.45, 2.75) is 112 Å². The topological polar surface area (TPSA) is 104 Å². The van der Waals surface area contributed by atoms with Gasteiger partial charge in [0.1, 0.15) is 12.3 Å². The van der Waals surface area contributed by atoms with Gasteiger partial charge in [-0.2, -0.15) is 0 Å². The van der Waals surface area contributed by atoms with Crippen LogP contribution in [0.3, 0.4) is 0 Å². The standard InChI is InChI=1S/C30H48F2N8O2S/c1-4-22(41)38-9-10-39(21-13-20(21)38)27-16-12-18(32)25-23-17(31)6-5-7-19(23)33-8-11-43-29-26(24(15(2)3)34-14-35-29)40(28(16)36-25)30(42)37-27/h4,15-21,23-29,33-36H,1,5-14H2,2-3H3,(H,37,42)/t16?,17?,18?,19?,20-,21+,23?,24?,25?,26?,27?,28?,29?/m0/s1. The van der Waals surface area contributed by atoms with Crippen molar-refractivity contribution in [3.05, 3.63) is 12.7 Å². The Hall–Kier alpha value is -1.51. The van der Waals surface area contributed by atoms with Crippen LogP contribution in [0.1, 0.15) is 46.0 Å². The molecule has 240 valence electrons. The molecule has 11 unspecified atom stereocenters. The number of halogens is 2. The lowest BCUT2D eigenvalue weighted by Gasteiger charge is -2.59. The summed E-state index contributed by atoms with van der Waals surface area (Å²) >= 11 is 1.81. The van der Waals surface area contributed by atoms with Crippen molar-refractivity contribution in [1.29, 1.82) is 0 Å². The van der Waals surface area contributed by atoms with Gasteiger partial charge in [0, 0.05) is 74.1 Å². The van der Waals surface area contributed by atoms with Crippen LogP contribution in [0.15, 0.2) is 12.7 Å². The van der Waals surface area contributed by atoms with Crippen molar-refractivity contribution >= 4 is 23.7 Å². The molecule has 5 saturated heterocycles. The van der Waals surface area contributed by atoms with E-state index in [9.17, 15) is 9.59 Å². The molecular weight excluding hydrogens is 574 g/mol. The summed E-state index contributed by atoms with van der Waals surface area (Å²) in [7, 11) is 0. The maximum atomic E-state index is 16.5. The molecule has 0 aromatic rings. The van der Waals surface area contributed by atoms with E-state index in [-0.39, 0.29) is 71.9 Å². The maximum Gasteiger partial charge on any atom is 0.320 e. The van der Waals surface area contributed by atoms with Crippen LogP contribution in [0, 0.1) is 17.8 Å². The Morgan fingerprint density at radius 1 is 1.07 bits per heavy atom. The predicted molar refractivity (Wildman–Crippen MR) is 163 cm³/mol. The van der Waals surface area contributed by atoms with Crippen LogP contribution >= 0.6 is 11.8 Å². The van der Waals surface area contributed by atoms with E-state index in [4.69, 9.17) is 0 Å². The summed E-state index contributed by atoms with van der Waals surface area (Å²) in [6.45, 7) is 10.6. The van der Waals surface area contributed by atoms with Crippen LogP contribution in [0.5, 0.6) is 0 Å². The average molecular weight is 623 g/mol. The minimum atomic E-state index is -1.23. The van der Waals surface area contributed by atoms with E-state index >= 15 is 8.78 Å². The van der Waals surface area contributed by atoms with Gasteiger partial charge in [0.05, 0.1) is 23.7 Å². The molecular formula is C30H48F2N8O2S. The van der Waals surface area contributed by atoms with Gasteiger partial charge in [-0.15, -0.1) is 11.8 Å². The molecule has 13 atom stereocenters. The first kappa shape index (κ1) is 30.2. The van der Waals surface area contributed by atoms with Gasteiger partial charge >= 0.3 is 6.03 Å². The number of amides is 3. The molecule has 2 bridgehead atoms. The molecule has 3 amide bonds. The number of fused-ring (bicyclic) bond motifs is 6. The van der Waals surface area contributed by atoms with Crippen molar-refractivity contribution in [2.75, 3.05) is 32.1 Å². The summed E-state index contributed by atoms with van der Waals surface area (Å²) in [6.07, 6.45) is 1.42. The highest BCUT2D eigenvalue weighted by Gasteiger charge is 2.60. The molecule has 0 radical (unpaired) electrons. The summed E-state index contributed by atoms with van der Waals surface area (Å²) in [5.41, 5.74) is 0. The van der Waals surface area contributed by atoms with Gasteiger partial charge in [0.15, 0.2) is 0 Å². The summed E-state index contributed by atoms with van der Waals surface area (Å²) in [5, 5.41) is 17.9. The average Bonchev–Trinajstić information content (AvgIpc) is 3.79. The Morgan fingerprint density at radius 2 is 1.91 bits per heavy atom. The Labute approximate surface area is 257 Å².